The third-order valence-corrected chi connectivity index (χ3v) is 6.67. The Balaban J connectivity index is 1.90. The molecule has 0 aliphatic carbocycles. The van der Waals surface area contributed by atoms with E-state index in [-0.39, 0.29) is 6.61 Å². The monoisotopic (exact) mass is 407 g/mol. The summed E-state index contributed by atoms with van der Waals surface area (Å²) in [4.78, 5) is 4.75. The number of quaternary nitrogens is 1. The highest BCUT2D eigenvalue weighted by molar-refractivity contribution is 5.76. The molecule has 1 unspecified atom stereocenters. The molecule has 29 heavy (non-hydrogen) atoms. The van der Waals surface area contributed by atoms with Crippen molar-refractivity contribution < 1.29 is 9.59 Å². The number of rotatable bonds is 20. The third kappa shape index (κ3) is 11.9. The molecule has 1 aliphatic rings. The number of aliphatic hydroxyl groups excluding tert-OH is 1. The molecule has 3 heteroatoms. The van der Waals surface area contributed by atoms with Crippen LogP contribution >= 0.6 is 0 Å². The maximum atomic E-state index is 9.38. The predicted molar refractivity (Wildman–Crippen MR) is 129 cm³/mol. The van der Waals surface area contributed by atoms with Crippen LogP contribution in [-0.2, 0) is 0 Å². The standard InChI is InChI=1S/C26H51N2O/c1-3-5-6-7-8-9-10-11-12-13-14-15-16-17-18-19-20-21-26-27-22-23-28(26,4-2)24-25-29/h15-16,29H,3-14,17-25H2,1-2H3/q+1/b16-15+. The van der Waals surface area contributed by atoms with Crippen LogP contribution in [0, 0.1) is 0 Å². The second kappa shape index (κ2) is 18.1. The fraction of sp³-hybridized carbons (Fsp3) is 0.885. The second-order valence-corrected chi connectivity index (χ2v) is 8.97. The van der Waals surface area contributed by atoms with Crippen molar-refractivity contribution in [2.75, 3.05) is 32.8 Å². The Morgan fingerprint density at radius 1 is 0.793 bits per heavy atom. The van der Waals surface area contributed by atoms with Crippen molar-refractivity contribution in [1.29, 1.82) is 0 Å². The fourth-order valence-electron chi connectivity index (χ4n) is 4.60. The maximum Gasteiger partial charge on any atom is 0.198 e. The molecule has 0 saturated carbocycles. The number of amidine groups is 1. The van der Waals surface area contributed by atoms with Gasteiger partial charge in [-0.1, -0.05) is 83.3 Å². The summed E-state index contributed by atoms with van der Waals surface area (Å²) in [5.74, 6) is 1.35. The predicted octanol–water partition coefficient (Wildman–Crippen LogP) is 7.05. The minimum Gasteiger partial charge on any atom is -0.390 e. The Labute approximate surface area is 182 Å². The van der Waals surface area contributed by atoms with Crippen molar-refractivity contribution in [1.82, 2.24) is 0 Å². The zero-order chi connectivity index (χ0) is 21.0. The molecule has 0 aromatic rings. The van der Waals surface area contributed by atoms with Crippen molar-refractivity contribution in [2.45, 2.75) is 117 Å². The van der Waals surface area contributed by atoms with E-state index >= 15 is 0 Å². The summed E-state index contributed by atoms with van der Waals surface area (Å²) in [6, 6.07) is 0. The fourth-order valence-corrected chi connectivity index (χ4v) is 4.60. The molecule has 0 fully saturated rings. The second-order valence-electron chi connectivity index (χ2n) is 8.97. The minimum absolute atomic E-state index is 0.275. The van der Waals surface area contributed by atoms with Crippen LogP contribution in [0.1, 0.15) is 117 Å². The smallest absolute Gasteiger partial charge is 0.198 e. The van der Waals surface area contributed by atoms with E-state index in [0.29, 0.717) is 0 Å². The number of allylic oxidation sites excluding steroid dienone is 2. The van der Waals surface area contributed by atoms with Gasteiger partial charge < -0.3 is 5.11 Å². The summed E-state index contributed by atoms with van der Waals surface area (Å²) < 4.78 is 0.940. The minimum atomic E-state index is 0.275. The lowest BCUT2D eigenvalue weighted by atomic mass is 10.1. The summed E-state index contributed by atoms with van der Waals surface area (Å²) in [5.41, 5.74) is 0. The number of nitrogens with zero attached hydrogens (tertiary/aromatic N) is 2. The lowest BCUT2D eigenvalue weighted by molar-refractivity contribution is -0.835. The Bertz CT molecular complexity index is 432. The average molecular weight is 408 g/mol. The van der Waals surface area contributed by atoms with Gasteiger partial charge in [-0.2, -0.15) is 0 Å². The normalized spacial score (nSPS) is 19.3. The van der Waals surface area contributed by atoms with Gasteiger partial charge in [0.05, 0.1) is 19.7 Å². The topological polar surface area (TPSA) is 32.6 Å². The van der Waals surface area contributed by atoms with E-state index in [0.717, 1.165) is 37.1 Å². The van der Waals surface area contributed by atoms with Crippen molar-refractivity contribution in [3.63, 3.8) is 0 Å². The first-order valence-electron chi connectivity index (χ1n) is 12.9. The number of likely N-dealkylation sites (N-methyl/N-ethyl adjacent to an activating group) is 1. The van der Waals surface area contributed by atoms with E-state index in [1.54, 1.807) is 0 Å². The average Bonchev–Trinajstić information content (AvgIpc) is 3.13. The molecule has 3 nitrogen and oxygen atoms in total. The van der Waals surface area contributed by atoms with Gasteiger partial charge in [-0.05, 0) is 39.0 Å². The molecule has 0 radical (unpaired) electrons. The maximum absolute atomic E-state index is 9.38. The molecule has 0 bridgehead atoms. The van der Waals surface area contributed by atoms with Crippen LogP contribution < -0.4 is 0 Å². The number of aliphatic hydroxyl groups is 1. The first-order chi connectivity index (χ1) is 14.3. The van der Waals surface area contributed by atoms with Gasteiger partial charge in [0.2, 0.25) is 0 Å². The summed E-state index contributed by atoms with van der Waals surface area (Å²) in [7, 11) is 0. The lowest BCUT2D eigenvalue weighted by Gasteiger charge is -2.33. The molecular formula is C26H51N2O+. The molecule has 0 saturated heterocycles. The van der Waals surface area contributed by atoms with E-state index < -0.39 is 0 Å². The van der Waals surface area contributed by atoms with Crippen molar-refractivity contribution >= 4 is 5.84 Å². The molecule has 1 heterocycles. The molecule has 170 valence electrons. The van der Waals surface area contributed by atoms with Crippen LogP contribution in [-0.4, -0.2) is 48.2 Å². The van der Waals surface area contributed by atoms with Crippen molar-refractivity contribution in [3.8, 4) is 0 Å². The summed E-state index contributed by atoms with van der Waals surface area (Å²) in [6.45, 7) is 8.75. The van der Waals surface area contributed by atoms with E-state index in [1.807, 2.05) is 0 Å². The largest absolute Gasteiger partial charge is 0.390 e. The first-order valence-corrected chi connectivity index (χ1v) is 12.9. The van der Waals surface area contributed by atoms with Crippen LogP contribution in [0.5, 0.6) is 0 Å². The van der Waals surface area contributed by atoms with E-state index in [2.05, 4.69) is 26.0 Å². The van der Waals surface area contributed by atoms with E-state index in [1.165, 1.54) is 102 Å². The van der Waals surface area contributed by atoms with Gasteiger partial charge in [-0.15, -0.1) is 0 Å². The SMILES string of the molecule is CCCCCCCCCCCC/C=C/CCCCCC1=NCC[N+]1(CC)CCO. The zero-order valence-corrected chi connectivity index (χ0v) is 19.8. The van der Waals surface area contributed by atoms with Gasteiger partial charge in [0.15, 0.2) is 5.84 Å². The Morgan fingerprint density at radius 3 is 1.90 bits per heavy atom. The Kier molecular flexibility index (Phi) is 16.5. The molecule has 0 amide bonds. The van der Waals surface area contributed by atoms with Crippen LogP contribution in [0.25, 0.3) is 0 Å². The highest BCUT2D eigenvalue weighted by atomic mass is 16.3. The highest BCUT2D eigenvalue weighted by Gasteiger charge is 2.35. The molecule has 0 aromatic carbocycles. The van der Waals surface area contributed by atoms with Gasteiger partial charge in [0.1, 0.15) is 13.1 Å². The van der Waals surface area contributed by atoms with Gasteiger partial charge >= 0.3 is 0 Å². The van der Waals surface area contributed by atoms with E-state index in [4.69, 9.17) is 4.99 Å². The quantitative estimate of drug-likeness (QED) is 0.131. The van der Waals surface area contributed by atoms with Crippen molar-refractivity contribution in [3.05, 3.63) is 12.2 Å². The molecule has 1 aliphatic heterocycles. The number of hydrogen-bond donors (Lipinski definition) is 1. The van der Waals surface area contributed by atoms with Gasteiger partial charge in [0.25, 0.3) is 0 Å². The summed E-state index contributed by atoms with van der Waals surface area (Å²) in [6.07, 6.45) is 26.5. The van der Waals surface area contributed by atoms with Gasteiger partial charge in [-0.3, -0.25) is 4.48 Å². The zero-order valence-electron chi connectivity index (χ0n) is 19.8. The van der Waals surface area contributed by atoms with Gasteiger partial charge in [-0.25, -0.2) is 4.99 Å². The Hall–Kier alpha value is -0.670. The molecule has 0 aromatic heterocycles. The van der Waals surface area contributed by atoms with Crippen LogP contribution in [0.15, 0.2) is 17.1 Å². The number of hydrogen-bond acceptors (Lipinski definition) is 2. The molecule has 1 rings (SSSR count). The van der Waals surface area contributed by atoms with Crippen molar-refractivity contribution in [2.24, 2.45) is 4.99 Å². The lowest BCUT2D eigenvalue weighted by Crippen LogP contribution is -2.52. The summed E-state index contributed by atoms with van der Waals surface area (Å²) >= 11 is 0. The third-order valence-electron chi connectivity index (χ3n) is 6.67. The van der Waals surface area contributed by atoms with Crippen LogP contribution in [0.2, 0.25) is 0 Å². The number of aliphatic imine (C=N–C) groups is 1. The van der Waals surface area contributed by atoms with Crippen LogP contribution in [0.4, 0.5) is 0 Å². The highest BCUT2D eigenvalue weighted by Crippen LogP contribution is 2.19. The van der Waals surface area contributed by atoms with Crippen LogP contribution in [0.3, 0.4) is 0 Å². The van der Waals surface area contributed by atoms with E-state index in [9.17, 15) is 5.11 Å². The summed E-state index contributed by atoms with van der Waals surface area (Å²) in [5, 5.41) is 9.38. The molecule has 0 spiro atoms. The molecular weight excluding hydrogens is 356 g/mol. The molecule has 1 atom stereocenters. The molecule has 1 N–H and O–H groups in total. The first kappa shape index (κ1) is 26.4. The van der Waals surface area contributed by atoms with Gasteiger partial charge in [0, 0.05) is 6.42 Å². The Morgan fingerprint density at radius 2 is 1.34 bits per heavy atom. The number of unbranched alkanes of at least 4 members (excludes halogenated alkanes) is 13.